The zero-order valence-corrected chi connectivity index (χ0v) is 13.4. The molecule has 0 spiro atoms. The number of hydrogen-bond acceptors (Lipinski definition) is 0. The van der Waals surface area contributed by atoms with E-state index < -0.39 is 11.7 Å². The van der Waals surface area contributed by atoms with E-state index in [1.54, 1.807) is 12.1 Å². The Morgan fingerprint density at radius 3 is 1.95 bits per heavy atom. The van der Waals surface area contributed by atoms with Crippen LogP contribution in [0.4, 0.5) is 13.2 Å². The molecule has 2 aromatic rings. The van der Waals surface area contributed by atoms with Gasteiger partial charge in [-0.05, 0) is 54.7 Å². The van der Waals surface area contributed by atoms with E-state index in [0.717, 1.165) is 17.7 Å². The molecule has 0 saturated carbocycles. The van der Waals surface area contributed by atoms with Crippen molar-refractivity contribution in [3.8, 4) is 0 Å². The molecule has 21 heavy (non-hydrogen) atoms. The molecule has 2 rings (SSSR count). The van der Waals surface area contributed by atoms with Crippen LogP contribution in [-0.2, 0) is 12.6 Å². The maximum absolute atomic E-state index is 12.5. The molecule has 0 saturated heterocycles. The Kier molecular flexibility index (Phi) is 4.77. The predicted octanol–water partition coefficient (Wildman–Crippen LogP) is 6.00. The molecule has 0 aliphatic carbocycles. The predicted molar refractivity (Wildman–Crippen MR) is 82.7 cm³/mol. The molecule has 0 fully saturated rings. The summed E-state index contributed by atoms with van der Waals surface area (Å²) in [7, 11) is 0. The van der Waals surface area contributed by atoms with Crippen LogP contribution in [-0.4, -0.2) is 0 Å². The van der Waals surface area contributed by atoms with Gasteiger partial charge in [-0.3, -0.25) is 0 Å². The first-order valence-electron chi connectivity index (χ1n) is 6.65. The van der Waals surface area contributed by atoms with Crippen molar-refractivity contribution < 1.29 is 13.2 Å². The summed E-state index contributed by atoms with van der Waals surface area (Å²) in [5.74, 6) is 0. The summed E-state index contributed by atoms with van der Waals surface area (Å²) < 4.78 is 37.6. The van der Waals surface area contributed by atoms with Crippen LogP contribution in [0.1, 0.15) is 32.6 Å². The van der Waals surface area contributed by atoms with Crippen molar-refractivity contribution in [2.45, 2.75) is 31.3 Å². The Labute approximate surface area is 131 Å². The summed E-state index contributed by atoms with van der Waals surface area (Å²) in [6.07, 6.45) is -3.62. The van der Waals surface area contributed by atoms with E-state index in [9.17, 15) is 13.2 Å². The van der Waals surface area contributed by atoms with Gasteiger partial charge in [0, 0.05) is 4.83 Å². The van der Waals surface area contributed by atoms with Gasteiger partial charge in [-0.15, -0.1) is 0 Å². The highest BCUT2D eigenvalue weighted by Gasteiger charge is 2.30. The molecule has 4 heteroatoms. The monoisotopic (exact) mass is 356 g/mol. The quantitative estimate of drug-likeness (QED) is 0.591. The van der Waals surface area contributed by atoms with Crippen LogP contribution in [0.25, 0.3) is 0 Å². The minimum absolute atomic E-state index is 0.0930. The number of alkyl halides is 4. The lowest BCUT2D eigenvalue weighted by Crippen LogP contribution is -2.05. The van der Waals surface area contributed by atoms with E-state index in [1.807, 2.05) is 32.0 Å². The van der Waals surface area contributed by atoms with Crippen molar-refractivity contribution in [1.82, 2.24) is 0 Å². The molecule has 0 amide bonds. The van der Waals surface area contributed by atoms with Gasteiger partial charge in [-0.1, -0.05) is 46.3 Å². The van der Waals surface area contributed by atoms with E-state index in [1.165, 1.54) is 16.7 Å². The largest absolute Gasteiger partial charge is 0.416 e. The van der Waals surface area contributed by atoms with Crippen LogP contribution >= 0.6 is 15.9 Å². The normalized spacial score (nSPS) is 13.2. The minimum Gasteiger partial charge on any atom is -0.166 e. The standard InChI is InChI=1S/C17H16BrF3/c1-11-4-3-5-12(2)16(11)15(18)10-13-6-8-14(9-7-13)17(19,20)21/h3-9,15H,10H2,1-2H3. The SMILES string of the molecule is Cc1cccc(C)c1C(Br)Cc1ccc(C(F)(F)F)cc1. The lowest BCUT2D eigenvalue weighted by molar-refractivity contribution is -0.137. The average molecular weight is 357 g/mol. The molecule has 112 valence electrons. The highest BCUT2D eigenvalue weighted by atomic mass is 79.9. The van der Waals surface area contributed by atoms with E-state index in [4.69, 9.17) is 0 Å². The number of rotatable bonds is 3. The molecule has 1 atom stereocenters. The Morgan fingerprint density at radius 1 is 0.952 bits per heavy atom. The van der Waals surface area contributed by atoms with Gasteiger partial charge in [0.1, 0.15) is 0 Å². The van der Waals surface area contributed by atoms with Crippen molar-refractivity contribution in [2.75, 3.05) is 0 Å². The van der Waals surface area contributed by atoms with Crippen LogP contribution in [0, 0.1) is 13.8 Å². The van der Waals surface area contributed by atoms with Crippen LogP contribution < -0.4 is 0 Å². The molecular formula is C17H16BrF3. The third-order valence-corrected chi connectivity index (χ3v) is 4.33. The highest BCUT2D eigenvalue weighted by molar-refractivity contribution is 9.09. The number of halogens is 4. The molecule has 0 nitrogen and oxygen atoms in total. The lowest BCUT2D eigenvalue weighted by Gasteiger charge is -2.16. The summed E-state index contributed by atoms with van der Waals surface area (Å²) in [6.45, 7) is 4.09. The summed E-state index contributed by atoms with van der Waals surface area (Å²) >= 11 is 3.66. The first kappa shape index (κ1) is 16.1. The second kappa shape index (κ2) is 6.22. The van der Waals surface area contributed by atoms with Gasteiger partial charge < -0.3 is 0 Å². The van der Waals surface area contributed by atoms with Gasteiger partial charge in [0.25, 0.3) is 0 Å². The van der Waals surface area contributed by atoms with Crippen LogP contribution in [0.5, 0.6) is 0 Å². The molecule has 1 unspecified atom stereocenters. The van der Waals surface area contributed by atoms with Gasteiger partial charge in [0.05, 0.1) is 5.56 Å². The molecule has 0 heterocycles. The van der Waals surface area contributed by atoms with E-state index >= 15 is 0 Å². The fourth-order valence-corrected chi connectivity index (χ4v) is 3.56. The summed E-state index contributed by atoms with van der Waals surface area (Å²) in [4.78, 5) is 0.0930. The second-order valence-electron chi connectivity index (χ2n) is 5.17. The van der Waals surface area contributed by atoms with Crippen LogP contribution in [0.15, 0.2) is 42.5 Å². The maximum atomic E-state index is 12.5. The minimum atomic E-state index is -4.28. The third kappa shape index (κ3) is 3.88. The molecule has 2 aromatic carbocycles. The Hall–Kier alpha value is -1.29. The number of hydrogen-bond donors (Lipinski definition) is 0. The van der Waals surface area contributed by atoms with E-state index in [-0.39, 0.29) is 4.83 Å². The average Bonchev–Trinajstić information content (AvgIpc) is 2.38. The molecule has 0 radical (unpaired) electrons. The summed E-state index contributed by atoms with van der Waals surface area (Å²) in [5.41, 5.74) is 3.85. The molecule has 0 N–H and O–H groups in total. The van der Waals surface area contributed by atoms with Gasteiger partial charge in [-0.2, -0.15) is 13.2 Å². The van der Waals surface area contributed by atoms with Crippen molar-refractivity contribution >= 4 is 15.9 Å². The fraction of sp³-hybridized carbons (Fsp3) is 0.294. The first-order valence-corrected chi connectivity index (χ1v) is 7.57. The van der Waals surface area contributed by atoms with Gasteiger partial charge in [0.2, 0.25) is 0 Å². The highest BCUT2D eigenvalue weighted by Crippen LogP contribution is 2.33. The molecule has 0 aromatic heterocycles. The van der Waals surface area contributed by atoms with Crippen LogP contribution in [0.3, 0.4) is 0 Å². The Morgan fingerprint density at radius 2 is 1.48 bits per heavy atom. The zero-order chi connectivity index (χ0) is 15.6. The number of aryl methyl sites for hydroxylation is 2. The van der Waals surface area contributed by atoms with Gasteiger partial charge in [-0.25, -0.2) is 0 Å². The van der Waals surface area contributed by atoms with Crippen molar-refractivity contribution in [1.29, 1.82) is 0 Å². The van der Waals surface area contributed by atoms with E-state index in [0.29, 0.717) is 6.42 Å². The van der Waals surface area contributed by atoms with Crippen molar-refractivity contribution in [3.05, 3.63) is 70.3 Å². The number of benzene rings is 2. The zero-order valence-electron chi connectivity index (χ0n) is 11.8. The van der Waals surface area contributed by atoms with Gasteiger partial charge >= 0.3 is 6.18 Å². The fourth-order valence-electron chi connectivity index (χ4n) is 2.46. The Bertz CT molecular complexity index is 595. The van der Waals surface area contributed by atoms with Crippen LogP contribution in [0.2, 0.25) is 0 Å². The smallest absolute Gasteiger partial charge is 0.166 e. The molecular weight excluding hydrogens is 341 g/mol. The van der Waals surface area contributed by atoms with Crippen molar-refractivity contribution in [2.24, 2.45) is 0 Å². The lowest BCUT2D eigenvalue weighted by atomic mass is 9.96. The second-order valence-corrected chi connectivity index (χ2v) is 6.28. The summed E-state index contributed by atoms with van der Waals surface area (Å²) in [5, 5.41) is 0. The molecule has 0 aliphatic rings. The molecule has 0 bridgehead atoms. The maximum Gasteiger partial charge on any atom is 0.416 e. The third-order valence-electron chi connectivity index (χ3n) is 3.55. The molecule has 0 aliphatic heterocycles. The van der Waals surface area contributed by atoms with E-state index in [2.05, 4.69) is 15.9 Å². The van der Waals surface area contributed by atoms with Gasteiger partial charge in [0.15, 0.2) is 0 Å². The Balaban J connectivity index is 2.18. The summed E-state index contributed by atoms with van der Waals surface area (Å²) in [6, 6.07) is 11.5. The topological polar surface area (TPSA) is 0 Å². The first-order chi connectivity index (χ1) is 9.79. The van der Waals surface area contributed by atoms with Crippen molar-refractivity contribution in [3.63, 3.8) is 0 Å².